The Bertz CT molecular complexity index is 509. The van der Waals surface area contributed by atoms with E-state index in [1.807, 2.05) is 0 Å². The van der Waals surface area contributed by atoms with Crippen molar-refractivity contribution in [3.05, 3.63) is 24.3 Å². The number of hydrogen-bond acceptors (Lipinski definition) is 4. The van der Waals surface area contributed by atoms with Crippen molar-refractivity contribution in [3.63, 3.8) is 0 Å². The van der Waals surface area contributed by atoms with Crippen LogP contribution in [0.4, 0.5) is 0 Å². The Balaban J connectivity index is 2.73. The zero-order valence-corrected chi connectivity index (χ0v) is 17.1. The first kappa shape index (κ1) is 17.0. The Morgan fingerprint density at radius 1 is 0.810 bits per heavy atom. The Hall–Kier alpha value is -0.377. The van der Waals surface area contributed by atoms with Gasteiger partial charge < -0.3 is 0 Å². The molecule has 0 spiro atoms. The third-order valence-corrected chi connectivity index (χ3v) is 19.5. The molecule has 0 amide bonds. The van der Waals surface area contributed by atoms with Crippen LogP contribution in [0.5, 0.6) is 0 Å². The molecule has 0 N–H and O–H groups in total. The summed E-state index contributed by atoms with van der Waals surface area (Å²) >= 11 is -3.28. The average molecular weight is 368 g/mol. The Morgan fingerprint density at radius 3 is 1.33 bits per heavy atom. The second-order valence-corrected chi connectivity index (χ2v) is 19.6. The van der Waals surface area contributed by atoms with E-state index in [-0.39, 0.29) is 6.49 Å². The fourth-order valence-corrected chi connectivity index (χ4v) is 21.1. The van der Waals surface area contributed by atoms with Crippen molar-refractivity contribution in [2.24, 2.45) is 9.98 Å². The van der Waals surface area contributed by atoms with E-state index in [0.717, 1.165) is 11.4 Å². The molecule has 0 saturated carbocycles. The van der Waals surface area contributed by atoms with Crippen molar-refractivity contribution >= 4 is 11.4 Å². The van der Waals surface area contributed by atoms with Crippen molar-refractivity contribution < 1.29 is 20.8 Å². The monoisotopic (exact) mass is 366 g/mol. The number of aliphatic imine (C=N–C) groups is 2. The van der Waals surface area contributed by atoms with Gasteiger partial charge in [-0.3, -0.25) is 0 Å². The molecule has 2 heterocycles. The van der Waals surface area contributed by atoms with E-state index in [1.54, 1.807) is 0 Å². The van der Waals surface area contributed by atoms with Gasteiger partial charge in [0.25, 0.3) is 0 Å². The first-order chi connectivity index (χ1) is 9.59. The average Bonchev–Trinajstić information content (AvgIpc) is 2.83. The quantitative estimate of drug-likeness (QED) is 0.765. The third kappa shape index (κ3) is 2.29. The predicted molar refractivity (Wildman–Crippen MR) is 88.7 cm³/mol. The molecule has 2 aliphatic heterocycles. The fourth-order valence-electron chi connectivity index (χ4n) is 4.56. The molecule has 0 saturated heterocycles. The van der Waals surface area contributed by atoms with Crippen molar-refractivity contribution in [1.82, 2.24) is 5.69 Å². The second kappa shape index (κ2) is 5.36. The molecule has 2 atom stereocenters. The number of allylic oxidation sites excluding steroid dienone is 2. The summed E-state index contributed by atoms with van der Waals surface area (Å²) in [5, 5.41) is 0. The molecule has 0 bridgehead atoms. The van der Waals surface area contributed by atoms with Crippen LogP contribution in [-0.2, 0) is 20.8 Å². The van der Waals surface area contributed by atoms with Gasteiger partial charge in [0, 0.05) is 0 Å². The normalized spacial score (nSPS) is 32.3. The van der Waals surface area contributed by atoms with Gasteiger partial charge in [-0.1, -0.05) is 0 Å². The van der Waals surface area contributed by atoms with Gasteiger partial charge in [-0.2, -0.15) is 0 Å². The fraction of sp³-hybridized carbons (Fsp3) is 0.625. The molecule has 0 radical (unpaired) electrons. The molecule has 5 heteroatoms. The Morgan fingerprint density at radius 2 is 1.14 bits per heavy atom. The molecule has 0 fully saturated rings. The van der Waals surface area contributed by atoms with Gasteiger partial charge in [-0.25, -0.2) is 0 Å². The van der Waals surface area contributed by atoms with Crippen LogP contribution in [-0.4, -0.2) is 51.8 Å². The molecule has 2 unspecified atom stereocenters. The van der Waals surface area contributed by atoms with Crippen molar-refractivity contribution in [3.8, 4) is 0 Å². The van der Waals surface area contributed by atoms with Crippen LogP contribution in [0, 0.1) is 0 Å². The predicted octanol–water partition coefficient (Wildman–Crippen LogP) is 2.59. The summed E-state index contributed by atoms with van der Waals surface area (Å²) in [7, 11) is 8.84. The van der Waals surface area contributed by atoms with E-state index in [9.17, 15) is 0 Å². The van der Waals surface area contributed by atoms with Crippen LogP contribution >= 0.6 is 0 Å². The van der Waals surface area contributed by atoms with Gasteiger partial charge in [0.2, 0.25) is 0 Å². The number of rotatable bonds is 4. The van der Waals surface area contributed by atoms with Gasteiger partial charge in [-0.15, -0.1) is 0 Å². The molecule has 21 heavy (non-hydrogen) atoms. The first-order valence-electron chi connectivity index (χ1n) is 7.45. The minimum atomic E-state index is -3.28. The first-order valence-corrected chi connectivity index (χ1v) is 12.1. The molecule has 0 aliphatic carbocycles. The standard InChI is InChI=1S/2C6H8N.2C2H6N.Zr/c2*1-5-3-4-6(2)7-5;2*1-3-2;/h2*3-4H,1-2H3;2*1-2H3;/q;;2*-1;+2. The molecular weight excluding hydrogens is 339 g/mol. The van der Waals surface area contributed by atoms with E-state index in [4.69, 9.17) is 9.98 Å². The molecule has 4 nitrogen and oxygen atoms in total. The molecule has 2 rings (SSSR count). The topological polar surface area (TPSA) is 31.2 Å². The van der Waals surface area contributed by atoms with E-state index in [0.29, 0.717) is 0 Å². The maximum absolute atomic E-state index is 5.06. The summed E-state index contributed by atoms with van der Waals surface area (Å²) in [4.78, 5) is 10.1. The van der Waals surface area contributed by atoms with Crippen LogP contribution in [0.15, 0.2) is 34.3 Å². The maximum atomic E-state index is 5.06. The zero-order valence-electron chi connectivity index (χ0n) is 14.6. The van der Waals surface area contributed by atoms with E-state index < -0.39 is 20.8 Å². The summed E-state index contributed by atoms with van der Waals surface area (Å²) in [5.74, 6) is 0. The van der Waals surface area contributed by atoms with Crippen LogP contribution in [0.2, 0.25) is 0 Å². The second-order valence-electron chi connectivity index (χ2n) is 6.93. The number of nitrogens with zero attached hydrogens (tertiary/aromatic N) is 4. The number of hydrogen-bond donors (Lipinski definition) is 0. The van der Waals surface area contributed by atoms with Gasteiger partial charge in [-0.05, 0) is 0 Å². The summed E-state index contributed by atoms with van der Waals surface area (Å²) < 4.78 is 4.62. The molecule has 116 valence electrons. The Labute approximate surface area is 134 Å². The van der Waals surface area contributed by atoms with Crippen LogP contribution < -0.4 is 0 Å². The molecular formula is C16H28N4Zr. The van der Waals surface area contributed by atoms with Gasteiger partial charge in [0.05, 0.1) is 0 Å². The van der Waals surface area contributed by atoms with Crippen LogP contribution in [0.1, 0.15) is 27.7 Å². The van der Waals surface area contributed by atoms with Crippen molar-refractivity contribution in [2.75, 3.05) is 28.2 Å². The zero-order chi connectivity index (χ0) is 16.1. The summed E-state index contributed by atoms with van der Waals surface area (Å²) in [6, 6.07) is 0. The Kier molecular flexibility index (Phi) is 4.34. The van der Waals surface area contributed by atoms with Crippen LogP contribution in [0.3, 0.4) is 0 Å². The van der Waals surface area contributed by atoms with Crippen molar-refractivity contribution in [2.45, 2.75) is 34.2 Å². The summed E-state index contributed by atoms with van der Waals surface area (Å²) in [6.45, 7) is 8.76. The van der Waals surface area contributed by atoms with Crippen LogP contribution in [0.25, 0.3) is 0 Å². The molecule has 0 aromatic heterocycles. The summed E-state index contributed by atoms with van der Waals surface area (Å²) in [6.07, 6.45) is 8.94. The van der Waals surface area contributed by atoms with E-state index in [2.05, 4.69) is 85.9 Å². The van der Waals surface area contributed by atoms with Gasteiger partial charge >= 0.3 is 135 Å². The molecule has 0 aromatic rings. The van der Waals surface area contributed by atoms with E-state index >= 15 is 0 Å². The summed E-state index contributed by atoms with van der Waals surface area (Å²) in [5.41, 5.74) is 2.24. The van der Waals surface area contributed by atoms with Gasteiger partial charge in [0.1, 0.15) is 0 Å². The van der Waals surface area contributed by atoms with Crippen molar-refractivity contribution in [1.29, 1.82) is 0 Å². The van der Waals surface area contributed by atoms with Gasteiger partial charge in [0.15, 0.2) is 0 Å². The molecule has 0 aromatic carbocycles. The third-order valence-electron chi connectivity index (χ3n) is 4.82. The van der Waals surface area contributed by atoms with E-state index in [1.165, 1.54) is 0 Å². The SMILES string of the molecule is CC1=N[C](C)([Zr]([N](C)C)([N](C)C)[C]2(C)C=CC(C)=N2)C=C1. The molecule has 2 aliphatic rings. The minimum absolute atomic E-state index is 0.154.